The van der Waals surface area contributed by atoms with Crippen LogP contribution in [0.2, 0.25) is 19.6 Å². The molecule has 0 radical (unpaired) electrons. The van der Waals surface area contributed by atoms with Crippen LogP contribution in [0, 0.1) is 0 Å². The van der Waals surface area contributed by atoms with Gasteiger partial charge in [-0.15, -0.1) is 0 Å². The topological polar surface area (TPSA) is 66.0 Å². The summed E-state index contributed by atoms with van der Waals surface area (Å²) in [5.74, 6) is 1.48. The van der Waals surface area contributed by atoms with Crippen molar-refractivity contribution < 1.29 is 0 Å². The van der Waals surface area contributed by atoms with Gasteiger partial charge in [-0.25, -0.2) is 9.97 Å². The van der Waals surface area contributed by atoms with Gasteiger partial charge in [-0.2, -0.15) is 4.98 Å². The zero-order chi connectivity index (χ0) is 13.9. The number of nitrogens with one attached hydrogen (secondary N) is 2. The monoisotopic (exact) mass is 280 g/mol. The lowest BCUT2D eigenvalue weighted by atomic mass is 10.3. The third kappa shape index (κ3) is 4.14. The highest BCUT2D eigenvalue weighted by atomic mass is 28.3. The fourth-order valence-electron chi connectivity index (χ4n) is 2.05. The summed E-state index contributed by atoms with van der Waals surface area (Å²) in [7, 11) is 0.862. The van der Waals surface area contributed by atoms with Crippen LogP contribution in [0.3, 0.4) is 0 Å². The van der Waals surface area contributed by atoms with E-state index < -0.39 is 8.07 Å². The van der Waals surface area contributed by atoms with Crippen LogP contribution in [0.25, 0.3) is 0 Å². The molecular weight excluding hydrogens is 256 g/mol. The van der Waals surface area contributed by atoms with Gasteiger partial charge in [0.15, 0.2) is 0 Å². The summed E-state index contributed by atoms with van der Waals surface area (Å²) in [6.07, 6.45) is 3.72. The lowest BCUT2D eigenvalue weighted by Crippen LogP contribution is -2.32. The van der Waals surface area contributed by atoms with Gasteiger partial charge in [-0.1, -0.05) is 19.6 Å². The van der Waals surface area contributed by atoms with Crippen LogP contribution in [-0.2, 0) is 0 Å². The van der Waals surface area contributed by atoms with Gasteiger partial charge in [0, 0.05) is 25.3 Å². The Bertz CT molecular complexity index is 419. The van der Waals surface area contributed by atoms with Crippen molar-refractivity contribution in [1.82, 2.24) is 20.3 Å². The Morgan fingerprint density at radius 2 is 2.16 bits per heavy atom. The summed E-state index contributed by atoms with van der Waals surface area (Å²) < 4.78 is 0. The van der Waals surface area contributed by atoms with Crippen LogP contribution < -0.4 is 15.5 Å². The Kier molecular flexibility index (Phi) is 4.36. The van der Waals surface area contributed by atoms with E-state index in [4.69, 9.17) is 0 Å². The van der Waals surface area contributed by atoms with E-state index >= 15 is 0 Å². The van der Waals surface area contributed by atoms with Crippen LogP contribution >= 0.6 is 0 Å². The van der Waals surface area contributed by atoms with Crippen molar-refractivity contribution in [2.75, 3.05) is 36.5 Å². The third-order valence-electron chi connectivity index (χ3n) is 3.22. The summed E-state index contributed by atoms with van der Waals surface area (Å²) in [6, 6.07) is 0.537. The maximum atomic E-state index is 4.51. The van der Waals surface area contributed by atoms with Crippen molar-refractivity contribution in [3.05, 3.63) is 6.33 Å². The summed E-state index contributed by atoms with van der Waals surface area (Å²) in [5.41, 5.74) is 0. The Morgan fingerprint density at radius 1 is 1.37 bits per heavy atom. The zero-order valence-corrected chi connectivity index (χ0v) is 13.3. The van der Waals surface area contributed by atoms with Crippen LogP contribution in [0.15, 0.2) is 6.33 Å². The fraction of sp³-hybridized carbons (Fsp3) is 0.750. The minimum Gasteiger partial charge on any atom is -0.357 e. The zero-order valence-electron chi connectivity index (χ0n) is 12.3. The summed E-state index contributed by atoms with van der Waals surface area (Å²) in [5, 5.41) is 6.63. The second kappa shape index (κ2) is 5.83. The number of rotatable bonds is 5. The number of anilines is 2. The molecule has 106 valence electrons. The molecular formula is C12H24N6Si. The molecule has 0 aliphatic carbocycles. The molecule has 1 atom stereocenters. The molecule has 1 aromatic heterocycles. The van der Waals surface area contributed by atoms with Crippen molar-refractivity contribution in [3.8, 4) is 0 Å². The second-order valence-electron chi connectivity index (χ2n) is 6.24. The third-order valence-corrected chi connectivity index (χ3v) is 4.45. The van der Waals surface area contributed by atoms with E-state index in [1.165, 1.54) is 0 Å². The molecule has 1 fully saturated rings. The van der Waals surface area contributed by atoms with E-state index in [0.29, 0.717) is 12.0 Å². The number of nitrogens with zero attached hydrogens (tertiary/aromatic N) is 4. The predicted octanol–water partition coefficient (Wildman–Crippen LogP) is 0.959. The second-order valence-corrected chi connectivity index (χ2v) is 11.7. The van der Waals surface area contributed by atoms with E-state index in [1.807, 2.05) is 7.05 Å². The molecule has 1 aliphatic heterocycles. The van der Waals surface area contributed by atoms with Gasteiger partial charge in [0.05, 0.1) is 8.07 Å². The molecule has 7 heteroatoms. The van der Waals surface area contributed by atoms with Crippen molar-refractivity contribution >= 4 is 20.0 Å². The molecule has 0 saturated carbocycles. The first-order valence-corrected chi connectivity index (χ1v) is 10.5. The Morgan fingerprint density at radius 3 is 2.79 bits per heavy atom. The first kappa shape index (κ1) is 14.2. The van der Waals surface area contributed by atoms with Crippen molar-refractivity contribution in [1.29, 1.82) is 0 Å². The van der Waals surface area contributed by atoms with Gasteiger partial charge >= 0.3 is 0 Å². The van der Waals surface area contributed by atoms with E-state index in [1.54, 1.807) is 6.33 Å². The summed E-state index contributed by atoms with van der Waals surface area (Å²) >= 11 is 0. The van der Waals surface area contributed by atoms with E-state index in [2.05, 4.69) is 50.1 Å². The Balaban J connectivity index is 1.99. The molecule has 1 aliphatic rings. The van der Waals surface area contributed by atoms with Gasteiger partial charge in [-0.3, -0.25) is 0 Å². The SMILES string of the molecule is CN[C@@H]1CCN(c2ncnc(NC[Si](C)(C)C)n2)C1. The Hall–Kier alpha value is -1.21. The number of hydrogen-bond donors (Lipinski definition) is 2. The molecule has 2 heterocycles. The van der Waals surface area contributed by atoms with Gasteiger partial charge in [-0.05, 0) is 13.5 Å². The quantitative estimate of drug-likeness (QED) is 0.783. The van der Waals surface area contributed by atoms with Crippen LogP contribution in [0.5, 0.6) is 0 Å². The first-order valence-electron chi connectivity index (χ1n) is 6.83. The molecule has 6 nitrogen and oxygen atoms in total. The van der Waals surface area contributed by atoms with E-state index in [0.717, 1.165) is 31.6 Å². The lowest BCUT2D eigenvalue weighted by Gasteiger charge is -2.18. The van der Waals surface area contributed by atoms with E-state index in [9.17, 15) is 0 Å². The normalized spacial score (nSPS) is 19.8. The van der Waals surface area contributed by atoms with Crippen molar-refractivity contribution in [3.63, 3.8) is 0 Å². The lowest BCUT2D eigenvalue weighted by molar-refractivity contribution is 0.616. The smallest absolute Gasteiger partial charge is 0.230 e. The van der Waals surface area contributed by atoms with Gasteiger partial charge in [0.2, 0.25) is 11.9 Å². The largest absolute Gasteiger partial charge is 0.357 e. The highest BCUT2D eigenvalue weighted by Gasteiger charge is 2.23. The average Bonchev–Trinajstić information content (AvgIpc) is 2.85. The molecule has 0 spiro atoms. The van der Waals surface area contributed by atoms with E-state index in [-0.39, 0.29) is 0 Å². The van der Waals surface area contributed by atoms with Crippen LogP contribution in [0.1, 0.15) is 6.42 Å². The molecule has 0 unspecified atom stereocenters. The van der Waals surface area contributed by atoms with Gasteiger partial charge in [0.1, 0.15) is 6.33 Å². The van der Waals surface area contributed by atoms with Crippen molar-refractivity contribution in [2.24, 2.45) is 0 Å². The average molecular weight is 280 g/mol. The maximum absolute atomic E-state index is 4.51. The molecule has 19 heavy (non-hydrogen) atoms. The fourth-order valence-corrected chi connectivity index (χ4v) is 2.74. The van der Waals surface area contributed by atoms with Crippen LogP contribution in [-0.4, -0.2) is 55.4 Å². The molecule has 0 bridgehead atoms. The number of likely N-dealkylation sites (N-methyl/N-ethyl adjacent to an activating group) is 1. The molecule has 1 aromatic rings. The minimum atomic E-state index is -1.14. The summed E-state index contributed by atoms with van der Waals surface area (Å²) in [6.45, 7) is 8.93. The summed E-state index contributed by atoms with van der Waals surface area (Å²) in [4.78, 5) is 15.2. The maximum Gasteiger partial charge on any atom is 0.230 e. The predicted molar refractivity (Wildman–Crippen MR) is 81.3 cm³/mol. The Labute approximate surface area is 116 Å². The molecule has 1 saturated heterocycles. The first-order chi connectivity index (χ1) is 8.98. The highest BCUT2D eigenvalue weighted by Crippen LogP contribution is 2.16. The number of aromatic nitrogens is 3. The molecule has 2 rings (SSSR count). The minimum absolute atomic E-state index is 0.537. The molecule has 0 aromatic carbocycles. The highest BCUT2D eigenvalue weighted by molar-refractivity contribution is 6.76. The standard InChI is InChI=1S/C12H24N6Si/c1-13-10-5-6-18(7-10)12-15-8-14-11(17-12)16-9-19(2,3)4/h8,10,13H,5-7,9H2,1-4H3,(H,14,15,16,17)/t10-/m1/s1. The van der Waals surface area contributed by atoms with Crippen molar-refractivity contribution in [2.45, 2.75) is 32.1 Å². The molecule has 0 amide bonds. The van der Waals surface area contributed by atoms with Crippen LogP contribution in [0.4, 0.5) is 11.9 Å². The van der Waals surface area contributed by atoms with Gasteiger partial charge < -0.3 is 15.5 Å². The molecule has 2 N–H and O–H groups in total. The number of hydrogen-bond acceptors (Lipinski definition) is 6. The van der Waals surface area contributed by atoms with Gasteiger partial charge in [0.25, 0.3) is 0 Å².